The van der Waals surface area contributed by atoms with Crippen LogP contribution < -0.4 is 0 Å². The van der Waals surface area contributed by atoms with E-state index in [-0.39, 0.29) is 6.04 Å². The van der Waals surface area contributed by atoms with Crippen LogP contribution >= 0.6 is 0 Å². The maximum atomic E-state index is 10.5. The van der Waals surface area contributed by atoms with Crippen molar-refractivity contribution in [3.8, 4) is 11.3 Å². The lowest BCUT2D eigenvalue weighted by Crippen LogP contribution is -2.11. The summed E-state index contributed by atoms with van der Waals surface area (Å²) in [5.41, 5.74) is 6.70. The Bertz CT molecular complexity index is 1440. The summed E-state index contributed by atoms with van der Waals surface area (Å²) in [7, 11) is 0. The van der Waals surface area contributed by atoms with Crippen LogP contribution in [0.5, 0.6) is 0 Å². The van der Waals surface area contributed by atoms with Crippen molar-refractivity contribution < 1.29 is 5.11 Å². The first kappa shape index (κ1) is 18.1. The molecule has 0 amide bonds. The molecule has 6 rings (SSSR count). The second-order valence-electron chi connectivity index (χ2n) is 8.21. The summed E-state index contributed by atoms with van der Waals surface area (Å²) in [5, 5.41) is 14.2. The van der Waals surface area contributed by atoms with Crippen LogP contribution in [0.25, 0.3) is 32.9 Å². The lowest BCUT2D eigenvalue weighted by atomic mass is 10.0. The summed E-state index contributed by atoms with van der Waals surface area (Å²) < 4.78 is 0. The third-order valence-electron chi connectivity index (χ3n) is 6.31. The molecule has 0 aliphatic heterocycles. The quantitative estimate of drug-likeness (QED) is 0.354. The SMILES string of the molecule is O[C@@H]1Cc2ccccc2[C@@H]1N=Cc1cccc2cc(-c3cccc4ccccc34)[nH]c12. The first-order valence-corrected chi connectivity index (χ1v) is 10.7. The number of aliphatic hydroxyl groups excluding tert-OH is 1. The molecule has 3 heteroatoms. The van der Waals surface area contributed by atoms with E-state index in [1.54, 1.807) is 0 Å². The van der Waals surface area contributed by atoms with Gasteiger partial charge in [0.15, 0.2) is 0 Å². The fourth-order valence-corrected chi connectivity index (χ4v) is 4.79. The van der Waals surface area contributed by atoms with Crippen molar-refractivity contribution in [1.82, 2.24) is 4.98 Å². The average Bonchev–Trinajstić information content (AvgIpc) is 3.38. The summed E-state index contributed by atoms with van der Waals surface area (Å²) in [6, 6.07) is 31.3. The van der Waals surface area contributed by atoms with Gasteiger partial charge in [0.2, 0.25) is 0 Å². The van der Waals surface area contributed by atoms with Gasteiger partial charge < -0.3 is 10.1 Å². The summed E-state index contributed by atoms with van der Waals surface area (Å²) in [6.45, 7) is 0. The van der Waals surface area contributed by atoms with E-state index in [1.807, 2.05) is 18.3 Å². The van der Waals surface area contributed by atoms with Crippen molar-refractivity contribution in [1.29, 1.82) is 0 Å². The highest BCUT2D eigenvalue weighted by molar-refractivity contribution is 6.03. The highest BCUT2D eigenvalue weighted by Gasteiger charge is 2.29. The van der Waals surface area contributed by atoms with Crippen LogP contribution in [0, 0.1) is 0 Å². The topological polar surface area (TPSA) is 48.4 Å². The number of aromatic nitrogens is 1. The third-order valence-corrected chi connectivity index (χ3v) is 6.31. The summed E-state index contributed by atoms with van der Waals surface area (Å²) >= 11 is 0. The number of nitrogens with zero attached hydrogens (tertiary/aromatic N) is 1. The van der Waals surface area contributed by atoms with Crippen LogP contribution in [0.1, 0.15) is 22.7 Å². The van der Waals surface area contributed by atoms with Gasteiger partial charge in [-0.2, -0.15) is 0 Å². The van der Waals surface area contributed by atoms with Gasteiger partial charge in [0, 0.05) is 34.8 Å². The Balaban J connectivity index is 1.42. The first-order valence-electron chi connectivity index (χ1n) is 10.7. The Morgan fingerprint density at radius 1 is 0.839 bits per heavy atom. The smallest absolute Gasteiger partial charge is 0.101 e. The number of hydrogen-bond acceptors (Lipinski definition) is 2. The molecule has 2 atom stereocenters. The molecule has 0 saturated heterocycles. The molecule has 0 saturated carbocycles. The van der Waals surface area contributed by atoms with Crippen molar-refractivity contribution in [2.75, 3.05) is 0 Å². The fourth-order valence-electron chi connectivity index (χ4n) is 4.79. The van der Waals surface area contributed by atoms with Crippen molar-refractivity contribution in [2.24, 2.45) is 4.99 Å². The molecule has 1 aromatic heterocycles. The van der Waals surface area contributed by atoms with Gasteiger partial charge in [-0.15, -0.1) is 0 Å². The second kappa shape index (κ2) is 7.22. The van der Waals surface area contributed by atoms with Gasteiger partial charge in [-0.3, -0.25) is 4.99 Å². The molecule has 5 aromatic rings. The number of rotatable bonds is 3. The van der Waals surface area contributed by atoms with Gasteiger partial charge in [-0.05, 0) is 28.0 Å². The van der Waals surface area contributed by atoms with Crippen LogP contribution in [0.3, 0.4) is 0 Å². The number of aromatic amines is 1. The molecule has 4 aromatic carbocycles. The van der Waals surface area contributed by atoms with Crippen molar-refractivity contribution in [2.45, 2.75) is 18.6 Å². The van der Waals surface area contributed by atoms with Gasteiger partial charge in [0.05, 0.1) is 11.6 Å². The van der Waals surface area contributed by atoms with E-state index in [1.165, 1.54) is 21.9 Å². The number of hydrogen-bond donors (Lipinski definition) is 2. The van der Waals surface area contributed by atoms with E-state index in [0.717, 1.165) is 27.7 Å². The van der Waals surface area contributed by atoms with Crippen LogP contribution in [0.2, 0.25) is 0 Å². The Morgan fingerprint density at radius 3 is 2.58 bits per heavy atom. The zero-order valence-corrected chi connectivity index (χ0v) is 17.0. The largest absolute Gasteiger partial charge is 0.390 e. The van der Waals surface area contributed by atoms with Gasteiger partial charge in [0.1, 0.15) is 6.04 Å². The van der Waals surface area contributed by atoms with E-state index in [2.05, 4.69) is 83.8 Å². The molecule has 0 fully saturated rings. The minimum Gasteiger partial charge on any atom is -0.390 e. The number of nitrogens with one attached hydrogen (secondary N) is 1. The predicted octanol–water partition coefficient (Wildman–Crippen LogP) is 6.07. The molecule has 0 bridgehead atoms. The maximum absolute atomic E-state index is 10.5. The van der Waals surface area contributed by atoms with Gasteiger partial charge in [-0.25, -0.2) is 0 Å². The van der Waals surface area contributed by atoms with Crippen LogP contribution in [-0.2, 0) is 6.42 Å². The molecule has 3 nitrogen and oxygen atoms in total. The molecule has 0 spiro atoms. The Labute approximate surface area is 180 Å². The van der Waals surface area contributed by atoms with Crippen molar-refractivity contribution in [3.05, 3.63) is 108 Å². The van der Waals surface area contributed by atoms with E-state index in [0.29, 0.717) is 6.42 Å². The standard InChI is InChI=1S/C28H22N2O/c31-26-16-19-8-2-4-13-23(19)28(26)29-17-21-11-5-10-20-15-25(30-27(20)21)24-14-6-9-18-7-1-3-12-22(18)24/h1-15,17,26,28,30-31H,16H2/t26-,28+/m1/s1. The zero-order valence-electron chi connectivity index (χ0n) is 17.0. The summed E-state index contributed by atoms with van der Waals surface area (Å²) in [5.74, 6) is 0. The highest BCUT2D eigenvalue weighted by atomic mass is 16.3. The lowest BCUT2D eigenvalue weighted by molar-refractivity contribution is 0.159. The molecule has 2 N–H and O–H groups in total. The number of H-pyrrole nitrogens is 1. The van der Waals surface area contributed by atoms with Crippen molar-refractivity contribution >= 4 is 27.9 Å². The van der Waals surface area contributed by atoms with E-state index in [4.69, 9.17) is 4.99 Å². The van der Waals surface area contributed by atoms with E-state index < -0.39 is 6.10 Å². The van der Waals surface area contributed by atoms with Gasteiger partial charge in [-0.1, -0.05) is 84.9 Å². The molecule has 0 unspecified atom stereocenters. The second-order valence-corrected chi connectivity index (χ2v) is 8.21. The third kappa shape index (κ3) is 3.06. The Morgan fingerprint density at radius 2 is 1.61 bits per heavy atom. The molecule has 31 heavy (non-hydrogen) atoms. The molecule has 150 valence electrons. The maximum Gasteiger partial charge on any atom is 0.101 e. The number of para-hydroxylation sites is 1. The van der Waals surface area contributed by atoms with Gasteiger partial charge >= 0.3 is 0 Å². The van der Waals surface area contributed by atoms with Crippen LogP contribution in [-0.4, -0.2) is 22.4 Å². The molecular weight excluding hydrogens is 380 g/mol. The molecule has 1 heterocycles. The fraction of sp³-hybridized carbons (Fsp3) is 0.107. The number of aliphatic imine (C=N–C) groups is 1. The van der Waals surface area contributed by atoms with E-state index in [9.17, 15) is 5.11 Å². The predicted molar refractivity (Wildman–Crippen MR) is 128 cm³/mol. The minimum absolute atomic E-state index is 0.209. The number of aliphatic hydroxyl groups is 1. The monoisotopic (exact) mass is 402 g/mol. The Kier molecular flexibility index (Phi) is 4.22. The number of benzene rings is 4. The molecule has 0 radical (unpaired) electrons. The summed E-state index contributed by atoms with van der Waals surface area (Å²) in [6.07, 6.45) is 2.10. The number of fused-ring (bicyclic) bond motifs is 3. The van der Waals surface area contributed by atoms with Gasteiger partial charge in [0.25, 0.3) is 0 Å². The minimum atomic E-state index is -0.470. The van der Waals surface area contributed by atoms with E-state index >= 15 is 0 Å². The summed E-state index contributed by atoms with van der Waals surface area (Å²) in [4.78, 5) is 8.43. The first-order chi connectivity index (χ1) is 15.3. The highest BCUT2D eigenvalue weighted by Crippen LogP contribution is 2.35. The molecule has 1 aliphatic carbocycles. The average molecular weight is 402 g/mol. The Hall–Kier alpha value is -3.69. The molecular formula is C28H22N2O. The zero-order chi connectivity index (χ0) is 20.8. The van der Waals surface area contributed by atoms with Crippen LogP contribution in [0.4, 0.5) is 0 Å². The van der Waals surface area contributed by atoms with Crippen LogP contribution in [0.15, 0.2) is 96.0 Å². The molecule has 1 aliphatic rings. The van der Waals surface area contributed by atoms with Crippen molar-refractivity contribution in [3.63, 3.8) is 0 Å². The lowest BCUT2D eigenvalue weighted by Gasteiger charge is -2.10. The normalized spacial score (nSPS) is 18.2.